The Labute approximate surface area is 157 Å². The Morgan fingerprint density at radius 1 is 1.19 bits per heavy atom. The molecule has 0 bridgehead atoms. The van der Waals surface area contributed by atoms with Crippen molar-refractivity contribution in [1.29, 1.82) is 0 Å². The Kier molecular flexibility index (Phi) is 5.18. The van der Waals surface area contributed by atoms with Crippen LogP contribution in [0.15, 0.2) is 57.8 Å². The fraction of sp³-hybridized carbons (Fsp3) is 0.105. The van der Waals surface area contributed by atoms with Crippen LogP contribution in [0.3, 0.4) is 0 Å². The first-order valence-corrected chi connectivity index (χ1v) is 8.63. The summed E-state index contributed by atoms with van der Waals surface area (Å²) in [6, 6.07) is 14.3. The summed E-state index contributed by atoms with van der Waals surface area (Å²) < 4.78 is 2.31. The lowest BCUT2D eigenvalue weighted by molar-refractivity contribution is -0.107. The largest absolute Gasteiger partial charge is 0.506 e. The number of aromatic nitrogens is 1. The summed E-state index contributed by atoms with van der Waals surface area (Å²) in [4.78, 5) is 35.7. The number of fused-ring (bicyclic) bond motifs is 1. The van der Waals surface area contributed by atoms with Gasteiger partial charge < -0.3 is 19.8 Å². The lowest BCUT2D eigenvalue weighted by atomic mass is 10.1. The molecule has 0 unspecified atom stereocenters. The van der Waals surface area contributed by atoms with E-state index in [9.17, 15) is 19.5 Å². The van der Waals surface area contributed by atoms with Gasteiger partial charge in [0.15, 0.2) is 0 Å². The monoisotopic (exact) mass is 414 g/mol. The van der Waals surface area contributed by atoms with Gasteiger partial charge in [-0.25, -0.2) is 0 Å². The van der Waals surface area contributed by atoms with Crippen LogP contribution in [-0.2, 0) is 11.3 Å². The number of pyridine rings is 1. The van der Waals surface area contributed by atoms with E-state index in [1.54, 1.807) is 24.3 Å². The Morgan fingerprint density at radius 2 is 1.96 bits per heavy atom. The van der Waals surface area contributed by atoms with Gasteiger partial charge in [-0.3, -0.25) is 9.59 Å². The van der Waals surface area contributed by atoms with Gasteiger partial charge in [0.1, 0.15) is 17.6 Å². The van der Waals surface area contributed by atoms with Crippen LogP contribution < -0.4 is 10.9 Å². The van der Waals surface area contributed by atoms with Crippen LogP contribution in [0, 0.1) is 0 Å². The first kappa shape index (κ1) is 17.9. The maximum absolute atomic E-state index is 12.9. The standard InChI is InChI=1S/C19H15BrN2O4/c20-13-5-3-4-12(10-13)11-22-15-7-2-1-6-14(15)17(24)16(19(22)26)18(25)21-8-9-23/h1-7,9-10,24H,8,11H2,(H,21,25). The molecule has 0 aliphatic heterocycles. The molecule has 0 saturated carbocycles. The van der Waals surface area contributed by atoms with Gasteiger partial charge in [0.2, 0.25) is 0 Å². The molecule has 0 atom stereocenters. The molecule has 1 aromatic heterocycles. The molecule has 0 radical (unpaired) electrons. The zero-order valence-electron chi connectivity index (χ0n) is 13.6. The topological polar surface area (TPSA) is 88.4 Å². The van der Waals surface area contributed by atoms with Crippen molar-refractivity contribution in [1.82, 2.24) is 9.88 Å². The summed E-state index contributed by atoms with van der Waals surface area (Å²) in [5.41, 5.74) is 0.378. The zero-order valence-corrected chi connectivity index (χ0v) is 15.2. The molecule has 26 heavy (non-hydrogen) atoms. The number of aldehydes is 1. The van der Waals surface area contributed by atoms with Crippen molar-refractivity contribution >= 4 is 39.0 Å². The summed E-state index contributed by atoms with van der Waals surface area (Å²) in [7, 11) is 0. The summed E-state index contributed by atoms with van der Waals surface area (Å²) in [5, 5.41) is 13.2. The van der Waals surface area contributed by atoms with E-state index in [0.717, 1.165) is 10.0 Å². The first-order valence-electron chi connectivity index (χ1n) is 7.83. The van der Waals surface area contributed by atoms with E-state index in [4.69, 9.17) is 0 Å². The first-order chi connectivity index (χ1) is 12.5. The number of nitrogens with one attached hydrogen (secondary N) is 1. The number of rotatable bonds is 5. The molecule has 2 N–H and O–H groups in total. The van der Waals surface area contributed by atoms with Crippen molar-refractivity contribution < 1.29 is 14.7 Å². The minimum Gasteiger partial charge on any atom is -0.506 e. The van der Waals surface area contributed by atoms with E-state index < -0.39 is 11.5 Å². The average Bonchev–Trinajstić information content (AvgIpc) is 2.63. The Balaban J connectivity index is 2.22. The van der Waals surface area contributed by atoms with Gasteiger partial charge in [-0.1, -0.05) is 40.2 Å². The number of nitrogens with zero attached hydrogens (tertiary/aromatic N) is 1. The quantitative estimate of drug-likeness (QED) is 0.627. The van der Waals surface area contributed by atoms with Crippen molar-refractivity contribution in [3.63, 3.8) is 0 Å². The van der Waals surface area contributed by atoms with Gasteiger partial charge in [-0.05, 0) is 29.8 Å². The van der Waals surface area contributed by atoms with Crippen molar-refractivity contribution in [2.45, 2.75) is 6.54 Å². The van der Waals surface area contributed by atoms with Crippen molar-refractivity contribution in [2.24, 2.45) is 0 Å². The Bertz CT molecular complexity index is 1060. The number of benzene rings is 2. The molecule has 132 valence electrons. The number of hydrogen-bond donors (Lipinski definition) is 2. The molecular weight excluding hydrogens is 400 g/mol. The highest BCUT2D eigenvalue weighted by atomic mass is 79.9. The number of halogens is 1. The average molecular weight is 415 g/mol. The number of amides is 1. The molecule has 2 aromatic carbocycles. The third kappa shape index (κ3) is 3.39. The van der Waals surface area contributed by atoms with Crippen LogP contribution in [0.25, 0.3) is 10.9 Å². The van der Waals surface area contributed by atoms with Crippen molar-refractivity contribution in [2.75, 3.05) is 6.54 Å². The normalized spacial score (nSPS) is 10.7. The molecule has 1 amide bonds. The summed E-state index contributed by atoms with van der Waals surface area (Å²) in [6.07, 6.45) is 0.510. The van der Waals surface area contributed by atoms with Gasteiger partial charge in [0.05, 0.1) is 18.6 Å². The number of carbonyl (C=O) groups is 2. The van der Waals surface area contributed by atoms with Gasteiger partial charge in [-0.15, -0.1) is 0 Å². The second-order valence-electron chi connectivity index (χ2n) is 5.64. The summed E-state index contributed by atoms with van der Waals surface area (Å²) in [5.74, 6) is -1.17. The Morgan fingerprint density at radius 3 is 2.69 bits per heavy atom. The van der Waals surface area contributed by atoms with Crippen LogP contribution in [0.5, 0.6) is 5.75 Å². The second kappa shape index (κ2) is 7.53. The molecule has 0 spiro atoms. The maximum Gasteiger partial charge on any atom is 0.268 e. The highest BCUT2D eigenvalue weighted by Gasteiger charge is 2.22. The summed E-state index contributed by atoms with van der Waals surface area (Å²) in [6.45, 7) is -0.0107. The molecule has 0 aliphatic rings. The predicted octanol–water partition coefficient (Wildman–Crippen LogP) is 2.45. The fourth-order valence-corrected chi connectivity index (χ4v) is 3.24. The van der Waals surface area contributed by atoms with E-state index in [0.29, 0.717) is 17.2 Å². The summed E-state index contributed by atoms with van der Waals surface area (Å²) >= 11 is 3.40. The van der Waals surface area contributed by atoms with E-state index in [2.05, 4.69) is 21.2 Å². The minimum absolute atomic E-state index is 0.229. The third-order valence-electron chi connectivity index (χ3n) is 3.95. The van der Waals surface area contributed by atoms with E-state index >= 15 is 0 Å². The van der Waals surface area contributed by atoms with Crippen molar-refractivity contribution in [3.05, 3.63) is 74.5 Å². The van der Waals surface area contributed by atoms with E-state index in [-0.39, 0.29) is 24.4 Å². The number of carbonyl (C=O) groups excluding carboxylic acids is 2. The fourth-order valence-electron chi connectivity index (χ4n) is 2.79. The highest BCUT2D eigenvalue weighted by molar-refractivity contribution is 9.10. The van der Waals surface area contributed by atoms with E-state index in [1.807, 2.05) is 24.3 Å². The van der Waals surface area contributed by atoms with Crippen LogP contribution >= 0.6 is 15.9 Å². The van der Waals surface area contributed by atoms with Crippen LogP contribution in [0.1, 0.15) is 15.9 Å². The van der Waals surface area contributed by atoms with Crippen molar-refractivity contribution in [3.8, 4) is 5.75 Å². The van der Waals surface area contributed by atoms with Gasteiger partial charge in [0.25, 0.3) is 11.5 Å². The van der Waals surface area contributed by atoms with Crippen LogP contribution in [0.2, 0.25) is 0 Å². The molecule has 1 heterocycles. The molecule has 6 nitrogen and oxygen atoms in total. The molecule has 0 fully saturated rings. The molecule has 3 aromatic rings. The number of para-hydroxylation sites is 1. The predicted molar refractivity (Wildman–Crippen MR) is 102 cm³/mol. The Hall–Kier alpha value is -2.93. The van der Waals surface area contributed by atoms with Gasteiger partial charge >= 0.3 is 0 Å². The molecule has 3 rings (SSSR count). The van der Waals surface area contributed by atoms with Crippen LogP contribution in [0.4, 0.5) is 0 Å². The smallest absolute Gasteiger partial charge is 0.268 e. The minimum atomic E-state index is -0.784. The second-order valence-corrected chi connectivity index (χ2v) is 6.55. The maximum atomic E-state index is 12.9. The zero-order chi connectivity index (χ0) is 18.7. The molecule has 7 heteroatoms. The number of hydrogen-bond acceptors (Lipinski definition) is 4. The molecule has 0 saturated heterocycles. The lowest BCUT2D eigenvalue weighted by Gasteiger charge is -2.15. The van der Waals surface area contributed by atoms with E-state index in [1.165, 1.54) is 4.57 Å². The number of aromatic hydroxyl groups is 1. The SMILES string of the molecule is O=CCNC(=O)c1c(O)c2ccccc2n(Cc2cccc(Br)c2)c1=O. The van der Waals surface area contributed by atoms with Gasteiger partial charge in [-0.2, -0.15) is 0 Å². The van der Waals surface area contributed by atoms with Gasteiger partial charge in [0, 0.05) is 9.86 Å². The van der Waals surface area contributed by atoms with Crippen LogP contribution in [-0.4, -0.2) is 28.4 Å². The lowest BCUT2D eigenvalue weighted by Crippen LogP contribution is -2.34. The third-order valence-corrected chi connectivity index (χ3v) is 4.44. The molecular formula is C19H15BrN2O4. The molecule has 0 aliphatic carbocycles. The highest BCUT2D eigenvalue weighted by Crippen LogP contribution is 2.26.